The molecule has 1 N–H and O–H groups in total. The van der Waals surface area contributed by atoms with E-state index in [2.05, 4.69) is 5.32 Å². The van der Waals surface area contributed by atoms with Crippen LogP contribution in [0.2, 0.25) is 0 Å². The first-order chi connectivity index (χ1) is 12.6. The normalized spacial score (nSPS) is 13.4. The second-order valence-corrected chi connectivity index (χ2v) is 6.48. The molecule has 26 heavy (non-hydrogen) atoms. The first-order valence-corrected chi connectivity index (χ1v) is 8.83. The van der Waals surface area contributed by atoms with Crippen molar-refractivity contribution in [3.63, 3.8) is 0 Å². The van der Waals surface area contributed by atoms with Gasteiger partial charge in [-0.2, -0.15) is 0 Å². The molecule has 1 amide bonds. The molecular weight excluding hydrogens is 333 g/mol. The highest BCUT2D eigenvalue weighted by Crippen LogP contribution is 2.33. The fourth-order valence-electron chi connectivity index (χ4n) is 3.39. The molecule has 4 nitrogen and oxygen atoms in total. The molecule has 0 spiro atoms. The molecule has 2 aromatic carbocycles. The Labute approximate surface area is 152 Å². The lowest BCUT2D eigenvalue weighted by Crippen LogP contribution is -2.20. The van der Waals surface area contributed by atoms with E-state index in [-0.39, 0.29) is 17.4 Å². The van der Waals surface area contributed by atoms with Gasteiger partial charge in [-0.3, -0.25) is 9.59 Å². The van der Waals surface area contributed by atoms with Crippen LogP contribution in [0, 0.1) is 5.82 Å². The second kappa shape index (κ2) is 8.23. The molecule has 0 radical (unpaired) electrons. The van der Waals surface area contributed by atoms with Crippen LogP contribution in [0.1, 0.15) is 46.8 Å². The molecule has 0 fully saturated rings. The number of hydrogen-bond donors (Lipinski definition) is 1. The number of nitrogens with one attached hydrogen (secondary N) is 1. The van der Waals surface area contributed by atoms with Crippen LogP contribution in [0.3, 0.4) is 0 Å². The van der Waals surface area contributed by atoms with Crippen molar-refractivity contribution in [2.24, 2.45) is 0 Å². The third-order valence-corrected chi connectivity index (χ3v) is 4.52. The summed E-state index contributed by atoms with van der Waals surface area (Å²) in [5.41, 5.74) is 3.05. The van der Waals surface area contributed by atoms with Gasteiger partial charge in [-0.15, -0.1) is 0 Å². The van der Waals surface area contributed by atoms with E-state index < -0.39 is 5.82 Å². The summed E-state index contributed by atoms with van der Waals surface area (Å²) in [6.45, 7) is 2.18. The van der Waals surface area contributed by atoms with Crippen molar-refractivity contribution in [2.45, 2.75) is 39.2 Å². The zero-order valence-electron chi connectivity index (χ0n) is 14.8. The van der Waals surface area contributed by atoms with Crippen molar-refractivity contribution in [3.8, 4) is 0 Å². The number of ether oxygens (including phenoxy) is 1. The minimum Gasteiger partial charge on any atom is -0.376 e. The van der Waals surface area contributed by atoms with Gasteiger partial charge in [0.15, 0.2) is 5.78 Å². The number of Topliss-reactive ketones (excluding diaryl/α,β-unsaturated/α-hetero) is 1. The molecule has 2 aromatic rings. The Bertz CT molecular complexity index is 818. The Balaban J connectivity index is 1.77. The van der Waals surface area contributed by atoms with Crippen LogP contribution in [-0.2, 0) is 29.0 Å². The van der Waals surface area contributed by atoms with Crippen LogP contribution in [0.4, 0.5) is 10.1 Å². The molecule has 0 unspecified atom stereocenters. The maximum absolute atomic E-state index is 14.6. The van der Waals surface area contributed by atoms with Gasteiger partial charge in [-0.1, -0.05) is 30.3 Å². The number of benzene rings is 2. The molecule has 1 aliphatic carbocycles. The van der Waals surface area contributed by atoms with E-state index in [9.17, 15) is 14.0 Å². The van der Waals surface area contributed by atoms with Crippen LogP contribution in [0.5, 0.6) is 0 Å². The number of ketones is 1. The fourth-order valence-corrected chi connectivity index (χ4v) is 3.39. The maximum Gasteiger partial charge on any atom is 0.221 e. The molecule has 0 saturated heterocycles. The zero-order chi connectivity index (χ0) is 18.5. The van der Waals surface area contributed by atoms with Crippen LogP contribution >= 0.6 is 0 Å². The summed E-state index contributed by atoms with van der Waals surface area (Å²) in [6, 6.07) is 11.0. The lowest BCUT2D eigenvalue weighted by molar-refractivity contribution is -0.114. The standard InChI is InChI=1S/C21H22FNO3/c1-14(24)23-19-12-18(22)16(17-8-5-9-20(25)21(17)19)10-11-26-13-15-6-3-2-4-7-15/h2-4,6-7,12H,5,8-11,13H2,1H3,(H,23,24). The first-order valence-electron chi connectivity index (χ1n) is 8.83. The predicted octanol–water partition coefficient (Wildman–Crippen LogP) is 4.06. The Morgan fingerprint density at radius 1 is 1.23 bits per heavy atom. The van der Waals surface area contributed by atoms with Gasteiger partial charge in [0.1, 0.15) is 5.82 Å². The predicted molar refractivity (Wildman–Crippen MR) is 97.8 cm³/mol. The summed E-state index contributed by atoms with van der Waals surface area (Å²) < 4.78 is 20.3. The van der Waals surface area contributed by atoms with Gasteiger partial charge in [0, 0.05) is 18.9 Å². The fraction of sp³-hybridized carbons (Fsp3) is 0.333. The molecule has 0 aliphatic heterocycles. The van der Waals surface area contributed by atoms with E-state index in [0.717, 1.165) is 5.56 Å². The Hall–Kier alpha value is -2.53. The SMILES string of the molecule is CC(=O)Nc1cc(F)c(CCOCc2ccccc2)c2c1C(=O)CCC2. The highest BCUT2D eigenvalue weighted by molar-refractivity contribution is 6.06. The monoisotopic (exact) mass is 355 g/mol. The highest BCUT2D eigenvalue weighted by atomic mass is 19.1. The largest absolute Gasteiger partial charge is 0.376 e. The van der Waals surface area contributed by atoms with Crippen molar-refractivity contribution in [1.82, 2.24) is 0 Å². The van der Waals surface area contributed by atoms with E-state index in [1.807, 2.05) is 30.3 Å². The van der Waals surface area contributed by atoms with Crippen LogP contribution in [-0.4, -0.2) is 18.3 Å². The summed E-state index contributed by atoms with van der Waals surface area (Å²) in [7, 11) is 0. The van der Waals surface area contributed by atoms with Crippen molar-refractivity contribution < 1.29 is 18.7 Å². The molecule has 0 aromatic heterocycles. The van der Waals surface area contributed by atoms with Gasteiger partial charge in [-0.25, -0.2) is 4.39 Å². The minimum atomic E-state index is -0.398. The molecule has 1 aliphatic rings. The van der Waals surface area contributed by atoms with Crippen LogP contribution in [0.25, 0.3) is 0 Å². The summed E-state index contributed by atoms with van der Waals surface area (Å²) in [5.74, 6) is -0.754. The average molecular weight is 355 g/mol. The molecule has 0 saturated carbocycles. The van der Waals surface area contributed by atoms with E-state index in [0.29, 0.717) is 55.6 Å². The van der Waals surface area contributed by atoms with Crippen LogP contribution < -0.4 is 5.32 Å². The quantitative estimate of drug-likeness (QED) is 0.795. The Morgan fingerprint density at radius 2 is 2.00 bits per heavy atom. The number of rotatable bonds is 6. The number of amides is 1. The van der Waals surface area contributed by atoms with Gasteiger partial charge in [0.25, 0.3) is 0 Å². The van der Waals surface area contributed by atoms with Gasteiger partial charge < -0.3 is 10.1 Å². The average Bonchev–Trinajstić information content (AvgIpc) is 2.61. The van der Waals surface area contributed by atoms with Gasteiger partial charge >= 0.3 is 0 Å². The Kier molecular flexibility index (Phi) is 5.78. The number of carbonyl (C=O) groups is 2. The Morgan fingerprint density at radius 3 is 2.73 bits per heavy atom. The van der Waals surface area contributed by atoms with E-state index in [4.69, 9.17) is 4.74 Å². The van der Waals surface area contributed by atoms with Gasteiger partial charge in [0.2, 0.25) is 5.91 Å². The first kappa shape index (κ1) is 18.3. The topological polar surface area (TPSA) is 55.4 Å². The third-order valence-electron chi connectivity index (χ3n) is 4.52. The maximum atomic E-state index is 14.6. The smallest absolute Gasteiger partial charge is 0.221 e. The number of anilines is 1. The van der Waals surface area contributed by atoms with Crippen molar-refractivity contribution >= 4 is 17.4 Å². The molecule has 0 bridgehead atoms. The summed E-state index contributed by atoms with van der Waals surface area (Å²) >= 11 is 0. The lowest BCUT2D eigenvalue weighted by Gasteiger charge is -2.22. The number of carbonyl (C=O) groups excluding carboxylic acids is 2. The third kappa shape index (κ3) is 4.17. The number of fused-ring (bicyclic) bond motifs is 1. The van der Waals surface area contributed by atoms with E-state index in [1.165, 1.54) is 13.0 Å². The summed E-state index contributed by atoms with van der Waals surface area (Å²) in [6.07, 6.45) is 2.16. The van der Waals surface area contributed by atoms with Crippen LogP contribution in [0.15, 0.2) is 36.4 Å². The van der Waals surface area contributed by atoms with Crippen molar-refractivity contribution in [1.29, 1.82) is 0 Å². The van der Waals surface area contributed by atoms with Crippen molar-refractivity contribution in [3.05, 3.63) is 64.5 Å². The van der Waals surface area contributed by atoms with E-state index in [1.54, 1.807) is 0 Å². The molecule has 0 heterocycles. The zero-order valence-corrected chi connectivity index (χ0v) is 14.8. The van der Waals surface area contributed by atoms with Crippen molar-refractivity contribution in [2.75, 3.05) is 11.9 Å². The molecule has 3 rings (SSSR count). The molecule has 136 valence electrons. The summed E-state index contributed by atoms with van der Waals surface area (Å²) in [5, 5.41) is 2.59. The second-order valence-electron chi connectivity index (χ2n) is 6.48. The van der Waals surface area contributed by atoms with E-state index >= 15 is 0 Å². The van der Waals surface area contributed by atoms with Gasteiger partial charge in [0.05, 0.1) is 18.9 Å². The van der Waals surface area contributed by atoms with Gasteiger partial charge in [-0.05, 0) is 42.0 Å². The number of hydrogen-bond acceptors (Lipinski definition) is 3. The molecule has 5 heteroatoms. The minimum absolute atomic E-state index is 0.0403. The number of halogens is 1. The molecular formula is C21H22FNO3. The highest BCUT2D eigenvalue weighted by Gasteiger charge is 2.26. The molecule has 0 atom stereocenters. The lowest BCUT2D eigenvalue weighted by atomic mass is 9.85. The summed E-state index contributed by atoms with van der Waals surface area (Å²) in [4.78, 5) is 23.7.